The fraction of sp³-hybridized carbons (Fsp3) is 0.118. The molecule has 0 fully saturated rings. The zero-order chi connectivity index (χ0) is 19.1. The summed E-state index contributed by atoms with van der Waals surface area (Å²) in [5.41, 5.74) is 0.498. The van der Waals surface area contributed by atoms with E-state index in [-0.39, 0.29) is 18.1 Å². The lowest BCUT2D eigenvalue weighted by atomic mass is 10.2. The maximum atomic E-state index is 12.0. The average molecular weight is 443 g/mol. The van der Waals surface area contributed by atoms with Gasteiger partial charge in [-0.1, -0.05) is 23.7 Å². The molecule has 2 rings (SSSR count). The average Bonchev–Trinajstić information content (AvgIpc) is 2.61. The molecule has 2 aromatic rings. The smallest absolute Gasteiger partial charge is 0.349 e. The largest absolute Gasteiger partial charge is 0.493 e. The van der Waals surface area contributed by atoms with Crippen molar-refractivity contribution in [2.45, 2.75) is 0 Å². The van der Waals surface area contributed by atoms with Crippen LogP contribution in [0.3, 0.4) is 0 Å². The number of para-hydroxylation sites is 1. The summed E-state index contributed by atoms with van der Waals surface area (Å²) in [5, 5.41) is 10.8. The van der Waals surface area contributed by atoms with Gasteiger partial charge in [-0.05, 0) is 45.8 Å². The molecule has 0 bridgehead atoms. The zero-order valence-electron chi connectivity index (χ0n) is 13.5. The van der Waals surface area contributed by atoms with Crippen LogP contribution in [0.4, 0.5) is 0 Å². The molecular formula is C17H13BrClNO6. The molecule has 0 spiro atoms. The first-order valence-electron chi connectivity index (χ1n) is 7.18. The van der Waals surface area contributed by atoms with Gasteiger partial charge in [0.15, 0.2) is 18.1 Å². The van der Waals surface area contributed by atoms with Gasteiger partial charge >= 0.3 is 5.97 Å². The van der Waals surface area contributed by atoms with Gasteiger partial charge in [0, 0.05) is 6.08 Å². The number of rotatable bonds is 7. The Balaban J connectivity index is 2.11. The van der Waals surface area contributed by atoms with E-state index in [1.165, 1.54) is 19.3 Å². The lowest BCUT2D eigenvalue weighted by Crippen LogP contribution is -2.18. The van der Waals surface area contributed by atoms with E-state index in [2.05, 4.69) is 15.9 Å². The summed E-state index contributed by atoms with van der Waals surface area (Å²) in [4.78, 5) is 21.9. The van der Waals surface area contributed by atoms with Gasteiger partial charge in [-0.3, -0.25) is 10.1 Å². The number of hydrogen-bond acceptors (Lipinski definition) is 6. The Bertz CT molecular complexity index is 855. The molecule has 0 aromatic heterocycles. The van der Waals surface area contributed by atoms with Crippen molar-refractivity contribution in [2.24, 2.45) is 0 Å². The minimum absolute atomic E-state index is 0.138. The van der Waals surface area contributed by atoms with E-state index < -0.39 is 10.9 Å². The number of methoxy groups -OCH3 is 1. The second-order valence-corrected chi connectivity index (χ2v) is 6.09. The number of nitrogens with zero attached hydrogens (tertiary/aromatic N) is 1. The van der Waals surface area contributed by atoms with Gasteiger partial charge in [-0.25, -0.2) is 4.79 Å². The fourth-order valence-corrected chi connectivity index (χ4v) is 2.65. The molecule has 0 atom stereocenters. The highest BCUT2D eigenvalue weighted by molar-refractivity contribution is 9.10. The molecule has 0 aliphatic carbocycles. The molecule has 136 valence electrons. The van der Waals surface area contributed by atoms with Gasteiger partial charge in [-0.2, -0.15) is 0 Å². The van der Waals surface area contributed by atoms with Gasteiger partial charge in [0.25, 0.3) is 0 Å². The summed E-state index contributed by atoms with van der Waals surface area (Å²) < 4.78 is 16.2. The first-order valence-corrected chi connectivity index (χ1v) is 8.35. The van der Waals surface area contributed by atoms with E-state index in [0.717, 1.165) is 6.20 Å². The van der Waals surface area contributed by atoms with E-state index in [9.17, 15) is 14.9 Å². The van der Waals surface area contributed by atoms with Crippen LogP contribution >= 0.6 is 27.5 Å². The van der Waals surface area contributed by atoms with Crippen molar-refractivity contribution < 1.29 is 23.9 Å². The van der Waals surface area contributed by atoms with Gasteiger partial charge in [0.05, 0.1) is 21.5 Å². The standard InChI is InChI=1S/C17H13BrClNO6/c1-24-15-9-11(6-7-20(22)23)8-12(18)17(15)26-16(21)10-25-14-5-3-2-4-13(14)19/h2-9H,10H2,1H3/b7-6+. The van der Waals surface area contributed by atoms with Crippen LogP contribution in [0.15, 0.2) is 47.1 Å². The molecular weight excluding hydrogens is 430 g/mol. The molecule has 2 aromatic carbocycles. The Hall–Kier alpha value is -2.58. The van der Waals surface area contributed by atoms with Crippen LogP contribution in [0.25, 0.3) is 6.08 Å². The molecule has 7 nitrogen and oxygen atoms in total. The third-order valence-corrected chi connectivity index (χ3v) is 3.94. The second-order valence-electron chi connectivity index (χ2n) is 4.83. The molecule has 0 aliphatic rings. The van der Waals surface area contributed by atoms with Crippen LogP contribution in [0.2, 0.25) is 5.02 Å². The Morgan fingerprint density at radius 2 is 2.04 bits per heavy atom. The molecule has 0 saturated carbocycles. The highest BCUT2D eigenvalue weighted by Gasteiger charge is 2.16. The van der Waals surface area contributed by atoms with Crippen LogP contribution < -0.4 is 14.2 Å². The van der Waals surface area contributed by atoms with Crippen molar-refractivity contribution in [2.75, 3.05) is 13.7 Å². The van der Waals surface area contributed by atoms with Crippen LogP contribution in [0, 0.1) is 10.1 Å². The molecule has 0 radical (unpaired) electrons. The summed E-state index contributed by atoms with van der Waals surface area (Å²) in [6, 6.07) is 9.79. The molecule has 0 unspecified atom stereocenters. The summed E-state index contributed by atoms with van der Waals surface area (Å²) in [6.45, 7) is -0.359. The van der Waals surface area contributed by atoms with Gasteiger partial charge in [-0.15, -0.1) is 0 Å². The lowest BCUT2D eigenvalue weighted by molar-refractivity contribution is -0.400. The van der Waals surface area contributed by atoms with Gasteiger partial charge in [0.2, 0.25) is 6.20 Å². The second kappa shape index (κ2) is 9.21. The van der Waals surface area contributed by atoms with Crippen LogP contribution in [-0.4, -0.2) is 24.6 Å². The minimum Gasteiger partial charge on any atom is -0.493 e. The number of nitro groups is 1. The number of ether oxygens (including phenoxy) is 3. The van der Waals surface area contributed by atoms with Crippen LogP contribution in [0.5, 0.6) is 17.2 Å². The fourth-order valence-electron chi connectivity index (χ4n) is 1.92. The third-order valence-electron chi connectivity index (χ3n) is 3.04. The summed E-state index contributed by atoms with van der Waals surface area (Å²) in [6.07, 6.45) is 2.09. The lowest BCUT2D eigenvalue weighted by Gasteiger charge is -2.13. The Morgan fingerprint density at radius 1 is 1.31 bits per heavy atom. The van der Waals surface area contributed by atoms with Crippen molar-refractivity contribution in [3.63, 3.8) is 0 Å². The van der Waals surface area contributed by atoms with E-state index in [0.29, 0.717) is 20.8 Å². The van der Waals surface area contributed by atoms with Crippen molar-refractivity contribution in [1.29, 1.82) is 0 Å². The monoisotopic (exact) mass is 441 g/mol. The summed E-state index contributed by atoms with van der Waals surface area (Å²) in [5.74, 6) is 0.0573. The number of carbonyl (C=O) groups excluding carboxylic acids is 1. The molecule has 0 amide bonds. The normalized spacial score (nSPS) is 10.6. The van der Waals surface area contributed by atoms with E-state index in [1.54, 1.807) is 30.3 Å². The third kappa shape index (κ3) is 5.47. The Labute approximate surface area is 162 Å². The SMILES string of the molecule is COc1cc(/C=C/[N+](=O)[O-])cc(Br)c1OC(=O)COc1ccccc1Cl. The number of benzene rings is 2. The molecule has 0 heterocycles. The van der Waals surface area contributed by atoms with Crippen molar-refractivity contribution in [3.05, 3.63) is 67.8 Å². The quantitative estimate of drug-likeness (QED) is 0.274. The molecule has 0 aliphatic heterocycles. The van der Waals surface area contributed by atoms with Crippen molar-refractivity contribution in [1.82, 2.24) is 0 Å². The Morgan fingerprint density at radius 3 is 2.69 bits per heavy atom. The number of halogens is 2. The molecule has 26 heavy (non-hydrogen) atoms. The number of carbonyl (C=O) groups is 1. The summed E-state index contributed by atoms with van der Waals surface area (Å²) in [7, 11) is 1.39. The van der Waals surface area contributed by atoms with Crippen molar-refractivity contribution >= 4 is 39.6 Å². The Kier molecular flexibility index (Phi) is 6.99. The molecule has 0 N–H and O–H groups in total. The highest BCUT2D eigenvalue weighted by Crippen LogP contribution is 2.37. The number of hydrogen-bond donors (Lipinski definition) is 0. The summed E-state index contributed by atoms with van der Waals surface area (Å²) >= 11 is 9.21. The number of esters is 1. The highest BCUT2D eigenvalue weighted by atomic mass is 79.9. The molecule has 0 saturated heterocycles. The predicted octanol–water partition coefficient (Wildman–Crippen LogP) is 4.34. The van der Waals surface area contributed by atoms with Crippen LogP contribution in [-0.2, 0) is 4.79 Å². The van der Waals surface area contributed by atoms with Gasteiger partial charge in [0.1, 0.15) is 5.75 Å². The topological polar surface area (TPSA) is 87.9 Å². The zero-order valence-corrected chi connectivity index (χ0v) is 15.8. The van der Waals surface area contributed by atoms with E-state index in [1.807, 2.05) is 0 Å². The van der Waals surface area contributed by atoms with E-state index in [4.69, 9.17) is 25.8 Å². The maximum absolute atomic E-state index is 12.0. The predicted molar refractivity (Wildman–Crippen MR) is 99.3 cm³/mol. The molecule has 9 heteroatoms. The van der Waals surface area contributed by atoms with E-state index >= 15 is 0 Å². The first kappa shape index (κ1) is 19.7. The maximum Gasteiger partial charge on any atom is 0.349 e. The van der Waals surface area contributed by atoms with Gasteiger partial charge < -0.3 is 14.2 Å². The minimum atomic E-state index is -0.669. The van der Waals surface area contributed by atoms with Crippen LogP contribution in [0.1, 0.15) is 5.56 Å². The first-order chi connectivity index (χ1) is 12.4. The van der Waals surface area contributed by atoms with Crippen molar-refractivity contribution in [3.8, 4) is 17.2 Å².